The Bertz CT molecular complexity index is 530. The van der Waals surface area contributed by atoms with Crippen molar-refractivity contribution in [1.29, 1.82) is 0 Å². The molecule has 3 heteroatoms. The Morgan fingerprint density at radius 2 is 1.79 bits per heavy atom. The number of carbonyl (C=O) groups is 2. The first-order valence-electron chi connectivity index (χ1n) is 6.91. The number of aryl methyl sites for hydroxylation is 1. The lowest BCUT2D eigenvalue weighted by Crippen LogP contribution is -2.50. The van der Waals surface area contributed by atoms with E-state index in [1.54, 1.807) is 0 Å². The van der Waals surface area contributed by atoms with Gasteiger partial charge in [-0.25, -0.2) is 0 Å². The van der Waals surface area contributed by atoms with Gasteiger partial charge in [0.1, 0.15) is 0 Å². The second-order valence-corrected chi connectivity index (χ2v) is 6.21. The summed E-state index contributed by atoms with van der Waals surface area (Å²) < 4.78 is 0. The number of hydrogen-bond acceptors (Lipinski definition) is 2. The zero-order valence-corrected chi connectivity index (χ0v) is 11.4. The van der Waals surface area contributed by atoms with Crippen molar-refractivity contribution in [1.82, 2.24) is 5.32 Å². The fourth-order valence-corrected chi connectivity index (χ4v) is 3.42. The minimum Gasteiger partial charge on any atom is -0.296 e. The molecule has 1 aromatic carbocycles. The normalized spacial score (nSPS) is 31.2. The van der Waals surface area contributed by atoms with E-state index in [0.717, 1.165) is 18.4 Å². The molecule has 0 radical (unpaired) electrons. The van der Waals surface area contributed by atoms with Crippen LogP contribution >= 0.6 is 0 Å². The molecule has 100 valence electrons. The van der Waals surface area contributed by atoms with Crippen LogP contribution in [0.1, 0.15) is 43.2 Å². The first kappa shape index (κ1) is 12.4. The van der Waals surface area contributed by atoms with Gasteiger partial charge in [0.2, 0.25) is 11.8 Å². The Balaban J connectivity index is 2.02. The molecule has 2 atom stereocenters. The highest BCUT2D eigenvalue weighted by Crippen LogP contribution is 2.56. The van der Waals surface area contributed by atoms with Crippen LogP contribution in [0.15, 0.2) is 24.3 Å². The number of nitrogens with one attached hydrogen (secondary N) is 1. The van der Waals surface area contributed by atoms with Crippen LogP contribution in [0.2, 0.25) is 0 Å². The van der Waals surface area contributed by atoms with Gasteiger partial charge < -0.3 is 0 Å². The number of imide groups is 1. The molecule has 3 nitrogen and oxygen atoms in total. The van der Waals surface area contributed by atoms with Gasteiger partial charge in [0.15, 0.2) is 0 Å². The van der Waals surface area contributed by atoms with Crippen molar-refractivity contribution in [2.75, 3.05) is 0 Å². The van der Waals surface area contributed by atoms with Gasteiger partial charge in [-0.05, 0) is 36.7 Å². The molecule has 1 aromatic rings. The Morgan fingerprint density at radius 3 is 2.37 bits per heavy atom. The van der Waals surface area contributed by atoms with E-state index >= 15 is 0 Å². The molecule has 0 spiro atoms. The van der Waals surface area contributed by atoms with Crippen LogP contribution in [-0.2, 0) is 9.59 Å². The average Bonchev–Trinajstić information content (AvgIpc) is 3.14. The molecule has 1 saturated carbocycles. The second-order valence-electron chi connectivity index (χ2n) is 6.21. The lowest BCUT2D eigenvalue weighted by molar-refractivity contribution is -0.140. The van der Waals surface area contributed by atoms with Crippen LogP contribution in [0.25, 0.3) is 0 Å². The zero-order valence-electron chi connectivity index (χ0n) is 11.4. The van der Waals surface area contributed by atoms with Crippen LogP contribution in [0.3, 0.4) is 0 Å². The largest absolute Gasteiger partial charge is 0.296 e. The Labute approximate surface area is 113 Å². The predicted octanol–water partition coefficient (Wildman–Crippen LogP) is 2.54. The quantitative estimate of drug-likeness (QED) is 0.828. The van der Waals surface area contributed by atoms with E-state index in [1.165, 1.54) is 5.56 Å². The van der Waals surface area contributed by atoms with Gasteiger partial charge in [0, 0.05) is 6.42 Å². The molecular weight excluding hydrogens is 238 g/mol. The fraction of sp³-hybridized carbons (Fsp3) is 0.500. The number of amides is 2. The summed E-state index contributed by atoms with van der Waals surface area (Å²) in [6, 6.07) is 8.12. The van der Waals surface area contributed by atoms with E-state index in [9.17, 15) is 9.59 Å². The van der Waals surface area contributed by atoms with Crippen molar-refractivity contribution in [2.45, 2.75) is 39.0 Å². The molecule has 19 heavy (non-hydrogen) atoms. The van der Waals surface area contributed by atoms with Crippen molar-refractivity contribution >= 4 is 11.8 Å². The Hall–Kier alpha value is -1.64. The van der Waals surface area contributed by atoms with Gasteiger partial charge >= 0.3 is 0 Å². The summed E-state index contributed by atoms with van der Waals surface area (Å²) in [5.41, 5.74) is 2.00. The molecule has 3 rings (SSSR count). The third kappa shape index (κ3) is 2.07. The molecule has 2 fully saturated rings. The topological polar surface area (TPSA) is 46.2 Å². The average molecular weight is 257 g/mol. The van der Waals surface area contributed by atoms with Crippen molar-refractivity contribution in [3.05, 3.63) is 35.4 Å². The Morgan fingerprint density at radius 1 is 1.16 bits per heavy atom. The highest BCUT2D eigenvalue weighted by Gasteiger charge is 2.53. The highest BCUT2D eigenvalue weighted by atomic mass is 16.2. The number of benzene rings is 1. The van der Waals surface area contributed by atoms with Crippen LogP contribution in [0.5, 0.6) is 0 Å². The molecule has 2 amide bonds. The molecule has 1 aliphatic heterocycles. The molecule has 0 aromatic heterocycles. The van der Waals surface area contributed by atoms with Crippen LogP contribution in [0, 0.1) is 18.3 Å². The lowest BCUT2D eigenvalue weighted by Gasteiger charge is -2.40. The van der Waals surface area contributed by atoms with E-state index in [2.05, 4.69) is 12.2 Å². The molecule has 1 aliphatic carbocycles. The summed E-state index contributed by atoms with van der Waals surface area (Å²) in [6.45, 7) is 4.14. The van der Waals surface area contributed by atoms with Crippen LogP contribution in [-0.4, -0.2) is 11.8 Å². The Kier molecular flexibility index (Phi) is 2.73. The maximum atomic E-state index is 12.3. The monoisotopic (exact) mass is 257 g/mol. The van der Waals surface area contributed by atoms with Gasteiger partial charge in [-0.1, -0.05) is 36.8 Å². The van der Waals surface area contributed by atoms with Gasteiger partial charge in [-0.2, -0.15) is 0 Å². The summed E-state index contributed by atoms with van der Waals surface area (Å²) in [5, 5.41) is 2.50. The van der Waals surface area contributed by atoms with Gasteiger partial charge in [0.25, 0.3) is 0 Å². The minimum absolute atomic E-state index is 0.122. The minimum atomic E-state index is -0.214. The number of piperidine rings is 1. The third-order valence-electron chi connectivity index (χ3n) is 4.65. The van der Waals surface area contributed by atoms with Gasteiger partial charge in [-0.15, -0.1) is 0 Å². The number of carbonyl (C=O) groups excluding carboxylic acids is 2. The SMILES string of the molecule is Cc1ccc(C2C(=O)NC(=O)CC2(C)C2CC2)cc1. The maximum Gasteiger partial charge on any atom is 0.234 e. The van der Waals surface area contributed by atoms with Crippen molar-refractivity contribution < 1.29 is 9.59 Å². The van der Waals surface area contributed by atoms with Crippen molar-refractivity contribution in [2.24, 2.45) is 11.3 Å². The molecule has 1 saturated heterocycles. The molecule has 2 unspecified atom stereocenters. The summed E-state index contributed by atoms with van der Waals surface area (Å²) >= 11 is 0. The molecule has 1 heterocycles. The summed E-state index contributed by atoms with van der Waals surface area (Å²) in [5.74, 6) is 0.0596. The molecule has 2 aliphatic rings. The maximum absolute atomic E-state index is 12.3. The van der Waals surface area contributed by atoms with Crippen LogP contribution < -0.4 is 5.32 Å². The summed E-state index contributed by atoms with van der Waals surface area (Å²) in [4.78, 5) is 24.0. The van der Waals surface area contributed by atoms with E-state index in [1.807, 2.05) is 31.2 Å². The standard InChI is InChI=1S/C16H19NO2/c1-10-3-5-11(6-4-10)14-15(19)17-13(18)9-16(14,2)12-7-8-12/h3-6,12,14H,7-9H2,1-2H3,(H,17,18,19). The van der Waals surface area contributed by atoms with Gasteiger partial charge in [0.05, 0.1) is 5.92 Å². The summed E-state index contributed by atoms with van der Waals surface area (Å²) in [6.07, 6.45) is 2.74. The molecule has 1 N–H and O–H groups in total. The van der Waals surface area contributed by atoms with Crippen molar-refractivity contribution in [3.63, 3.8) is 0 Å². The van der Waals surface area contributed by atoms with E-state index in [4.69, 9.17) is 0 Å². The van der Waals surface area contributed by atoms with E-state index in [-0.39, 0.29) is 23.1 Å². The highest BCUT2D eigenvalue weighted by molar-refractivity contribution is 6.02. The summed E-state index contributed by atoms with van der Waals surface area (Å²) in [7, 11) is 0. The third-order valence-corrected chi connectivity index (χ3v) is 4.65. The molecule has 0 bridgehead atoms. The smallest absolute Gasteiger partial charge is 0.234 e. The lowest BCUT2D eigenvalue weighted by atomic mass is 9.65. The zero-order chi connectivity index (χ0) is 13.6. The number of hydrogen-bond donors (Lipinski definition) is 1. The van der Waals surface area contributed by atoms with Crippen molar-refractivity contribution in [3.8, 4) is 0 Å². The van der Waals surface area contributed by atoms with E-state index in [0.29, 0.717) is 12.3 Å². The second kappa shape index (κ2) is 4.19. The predicted molar refractivity (Wildman–Crippen MR) is 72.5 cm³/mol. The number of rotatable bonds is 2. The van der Waals surface area contributed by atoms with E-state index < -0.39 is 0 Å². The first-order valence-corrected chi connectivity index (χ1v) is 6.91. The fourth-order valence-electron chi connectivity index (χ4n) is 3.42. The molecular formula is C16H19NO2. The first-order chi connectivity index (χ1) is 9.00. The van der Waals surface area contributed by atoms with Crippen LogP contribution in [0.4, 0.5) is 0 Å². The van der Waals surface area contributed by atoms with Gasteiger partial charge in [-0.3, -0.25) is 14.9 Å².